The number of nitriles is 1. The zero-order valence-corrected chi connectivity index (χ0v) is 52.3. The van der Waals surface area contributed by atoms with Crippen molar-refractivity contribution in [3.63, 3.8) is 0 Å². The van der Waals surface area contributed by atoms with Crippen LogP contribution in [-0.4, -0.2) is 178 Å². The van der Waals surface area contributed by atoms with Crippen LogP contribution in [0.4, 0.5) is 0 Å². The Morgan fingerprint density at radius 2 is 1.36 bits per heavy atom. The molecule has 2 N–H and O–H groups in total. The van der Waals surface area contributed by atoms with Gasteiger partial charge in [-0.25, -0.2) is 9.46 Å². The molecule has 4 aromatic rings. The summed E-state index contributed by atoms with van der Waals surface area (Å²) < 4.78 is 93.3. The Balaban J connectivity index is 1.06. The molecule has 28 heteroatoms. The number of carbonyl (C=O) groups is 5. The highest BCUT2D eigenvalue weighted by Gasteiger charge is 2.65. The van der Waals surface area contributed by atoms with E-state index in [1.807, 2.05) is 107 Å². The summed E-state index contributed by atoms with van der Waals surface area (Å²) in [5, 5.41) is 12.2. The van der Waals surface area contributed by atoms with Crippen molar-refractivity contribution < 1.29 is 94.6 Å². The smallest absolute Gasteiger partial charge is 0.330 e. The van der Waals surface area contributed by atoms with E-state index < -0.39 is 123 Å². The van der Waals surface area contributed by atoms with Gasteiger partial charge in [-0.15, -0.1) is 0 Å². The number of nitrogens with zero attached hydrogens (tertiary/aromatic N) is 3. The van der Waals surface area contributed by atoms with Crippen LogP contribution < -0.4 is 26.0 Å². The first-order chi connectivity index (χ1) is 42.6. The van der Waals surface area contributed by atoms with Crippen molar-refractivity contribution >= 4 is 38.3 Å². The monoisotopic (exact) mass is 1260 g/mol. The van der Waals surface area contributed by atoms with Gasteiger partial charge in [-0.2, -0.15) is 5.26 Å². The second-order valence-electron chi connectivity index (χ2n) is 21.4. The highest BCUT2D eigenvalue weighted by Crippen LogP contribution is 2.56. The maximum atomic E-state index is 14.0. The maximum Gasteiger partial charge on any atom is 0.330 e. The Bertz CT molecular complexity index is 3110. The molecule has 3 aliphatic heterocycles. The molecule has 3 aliphatic rings. The summed E-state index contributed by atoms with van der Waals surface area (Å²) in [6.07, 6.45) is -8.63. The van der Waals surface area contributed by atoms with Gasteiger partial charge in [-0.05, 0) is 68.7 Å². The molecular weight excluding hydrogens is 1190 g/mol. The second-order valence-corrected chi connectivity index (χ2v) is 22.8. The van der Waals surface area contributed by atoms with E-state index in [-0.39, 0.29) is 76.9 Å². The van der Waals surface area contributed by atoms with Crippen LogP contribution in [0.5, 0.6) is 11.5 Å². The lowest BCUT2D eigenvalue weighted by Gasteiger charge is -2.44. The third-order valence-corrected chi connectivity index (χ3v) is 16.5. The topological polar surface area (TPSA) is 318 Å². The van der Waals surface area contributed by atoms with Crippen molar-refractivity contribution in [1.29, 1.82) is 5.26 Å². The van der Waals surface area contributed by atoms with Gasteiger partial charge in [-0.3, -0.25) is 38.3 Å². The standard InChI is InChI=1S/C61H78N5O22P/c1-37(2)66(38(3)4)89(82-26-14-25-62)88-55-54-57(87-60(55,35-80-54)36-81-61(44-15-12-11-13-16-44,45-17-21-47(74-9)22-18-45)46-19-23-48(75-10)24-20-46)65-32-43(56(72)64-59(65)73)31-63-50(71)34-77-28-27-76-29-30-78-58-53(85-42(8)70)52(84-41(7)69)51(83-40(6)68)49(86-58)33-79-39(5)67/h11-13,15-24,32,37-38,49,51-55,57-58H,14,26-31,33-36H2,1-10H3,(H,63,71)(H,64,72,73)/t49-,51+,52+,53-,54-,55+,57-,58-,60-,89?/m1/s1. The van der Waals surface area contributed by atoms with Crippen LogP contribution in [0.1, 0.15) is 90.3 Å². The van der Waals surface area contributed by atoms with Crippen molar-refractivity contribution in [3.8, 4) is 17.6 Å². The fourth-order valence-electron chi connectivity index (χ4n) is 10.6. The molecule has 0 saturated carbocycles. The number of aromatic amines is 1. The number of aromatic nitrogens is 2. The van der Waals surface area contributed by atoms with Gasteiger partial charge in [0, 0.05) is 52.5 Å². The quantitative estimate of drug-likeness (QED) is 0.0216. The van der Waals surface area contributed by atoms with Crippen molar-refractivity contribution in [2.24, 2.45) is 0 Å². The third kappa shape index (κ3) is 17.6. The minimum Gasteiger partial charge on any atom is -0.497 e. The van der Waals surface area contributed by atoms with Gasteiger partial charge in [0.2, 0.25) is 5.91 Å². The van der Waals surface area contributed by atoms with Crippen LogP contribution in [0.3, 0.4) is 0 Å². The molecule has 1 amide bonds. The lowest BCUT2D eigenvalue weighted by Crippen LogP contribution is -2.63. The summed E-state index contributed by atoms with van der Waals surface area (Å²) in [4.78, 5) is 91.1. The molecule has 4 heterocycles. The molecule has 484 valence electrons. The predicted octanol–water partition coefficient (Wildman–Crippen LogP) is 4.64. The molecule has 89 heavy (non-hydrogen) atoms. The average Bonchev–Trinajstić information content (AvgIpc) is 1.62. The molecule has 7 rings (SSSR count). The number of esters is 4. The van der Waals surface area contributed by atoms with Crippen molar-refractivity contribution in [1.82, 2.24) is 19.5 Å². The van der Waals surface area contributed by atoms with E-state index in [1.54, 1.807) is 14.2 Å². The number of hydrogen-bond acceptors (Lipinski definition) is 24. The summed E-state index contributed by atoms with van der Waals surface area (Å²) in [6.45, 7) is 10.7. The molecule has 3 aromatic carbocycles. The van der Waals surface area contributed by atoms with Crippen molar-refractivity contribution in [2.75, 3.05) is 73.7 Å². The molecule has 1 aromatic heterocycles. The normalized spacial score (nSPS) is 22.5. The van der Waals surface area contributed by atoms with Gasteiger partial charge in [0.1, 0.15) is 54.2 Å². The zero-order chi connectivity index (χ0) is 64.4. The Morgan fingerprint density at radius 1 is 0.775 bits per heavy atom. The fraction of sp³-hybridized carbons (Fsp3) is 0.541. The Kier molecular flexibility index (Phi) is 25.3. The summed E-state index contributed by atoms with van der Waals surface area (Å²) >= 11 is 0. The van der Waals surface area contributed by atoms with E-state index >= 15 is 0 Å². The molecule has 3 saturated heterocycles. The number of amides is 1. The number of nitrogens with one attached hydrogen (secondary N) is 2. The number of fused-ring (bicyclic) bond motifs is 2. The highest BCUT2D eigenvalue weighted by atomic mass is 31.2. The van der Waals surface area contributed by atoms with Crippen molar-refractivity contribution in [2.45, 2.75) is 141 Å². The Hall–Kier alpha value is -7.19. The number of carbonyl (C=O) groups excluding carboxylic acids is 5. The molecular formula is C61H78N5O22P. The lowest BCUT2D eigenvalue weighted by atomic mass is 9.79. The van der Waals surface area contributed by atoms with Gasteiger partial charge in [0.25, 0.3) is 14.1 Å². The van der Waals surface area contributed by atoms with Gasteiger partial charge < -0.3 is 75.9 Å². The molecule has 10 atom stereocenters. The first kappa shape index (κ1) is 69.3. The van der Waals surface area contributed by atoms with E-state index in [9.17, 15) is 38.8 Å². The van der Waals surface area contributed by atoms with Gasteiger partial charge >= 0.3 is 29.6 Å². The predicted molar refractivity (Wildman–Crippen MR) is 314 cm³/mol. The van der Waals surface area contributed by atoms with Crippen LogP contribution in [0.25, 0.3) is 0 Å². The zero-order valence-electron chi connectivity index (χ0n) is 51.4. The molecule has 0 radical (unpaired) electrons. The molecule has 27 nitrogen and oxygen atoms in total. The highest BCUT2D eigenvalue weighted by molar-refractivity contribution is 7.44. The van der Waals surface area contributed by atoms with Crippen LogP contribution >= 0.6 is 8.53 Å². The molecule has 2 bridgehead atoms. The largest absolute Gasteiger partial charge is 0.497 e. The van der Waals surface area contributed by atoms with E-state index in [1.165, 1.54) is 10.8 Å². The molecule has 1 unspecified atom stereocenters. The summed E-state index contributed by atoms with van der Waals surface area (Å²) in [5.41, 5.74) is -2.17. The van der Waals surface area contributed by atoms with E-state index in [4.69, 9.17) is 70.6 Å². The molecule has 3 fully saturated rings. The minimum atomic E-state index is -1.93. The number of methoxy groups -OCH3 is 2. The van der Waals surface area contributed by atoms with Crippen LogP contribution in [0.2, 0.25) is 0 Å². The average molecular weight is 1260 g/mol. The maximum absolute atomic E-state index is 14.0. The molecule has 0 aliphatic carbocycles. The van der Waals surface area contributed by atoms with E-state index in [2.05, 4.69) is 21.0 Å². The second kappa shape index (κ2) is 32.5. The number of H-pyrrole nitrogens is 1. The van der Waals surface area contributed by atoms with Gasteiger partial charge in [0.05, 0.1) is 78.5 Å². The molecule has 0 spiro atoms. The summed E-state index contributed by atoms with van der Waals surface area (Å²) in [7, 11) is 1.23. The van der Waals surface area contributed by atoms with Gasteiger partial charge in [0.15, 0.2) is 30.8 Å². The number of hydrogen-bond donors (Lipinski definition) is 2. The third-order valence-electron chi connectivity index (χ3n) is 14.4. The van der Waals surface area contributed by atoms with Crippen LogP contribution in [-0.2, 0) is 97.3 Å². The summed E-state index contributed by atoms with van der Waals surface area (Å²) in [5.74, 6) is -2.41. The summed E-state index contributed by atoms with van der Waals surface area (Å²) in [6, 6.07) is 26.7. The van der Waals surface area contributed by atoms with E-state index in [0.717, 1.165) is 44.4 Å². The van der Waals surface area contributed by atoms with E-state index in [0.29, 0.717) is 11.5 Å². The first-order valence-corrected chi connectivity index (χ1v) is 30.0. The Morgan fingerprint density at radius 3 is 1.94 bits per heavy atom. The lowest BCUT2D eigenvalue weighted by molar-refractivity contribution is -0.309. The minimum absolute atomic E-state index is 0.0120. The number of benzene rings is 3. The van der Waals surface area contributed by atoms with Gasteiger partial charge in [-0.1, -0.05) is 54.6 Å². The van der Waals surface area contributed by atoms with Crippen molar-refractivity contribution in [3.05, 3.63) is 128 Å². The fourth-order valence-corrected chi connectivity index (χ4v) is 12.4. The Labute approximate surface area is 516 Å². The van der Waals surface area contributed by atoms with Crippen LogP contribution in [0, 0.1) is 11.3 Å². The number of rotatable bonds is 33. The number of ether oxygens (including phenoxy) is 13. The SMILES string of the molecule is COc1ccc(C(OC[C@@]23CO[C@@H]([C@H](n4cc(CNC(=O)COCCOCCO[C@@H]5O[C@H](COC(C)=O)[C@H](OC(C)=O)[C@H](OC(C)=O)[C@H]5OC(C)=O)c(=O)[nH]c4=O)O2)[C@@H]3OP(OCCC#N)N(C(C)C)C(C)C)(c2ccccc2)c2ccc(OC)cc2)cc1. The van der Waals surface area contributed by atoms with Crippen LogP contribution in [0.15, 0.2) is 94.6 Å². The first-order valence-electron chi connectivity index (χ1n) is 28.9.